The average molecular weight is 303 g/mol. The van der Waals surface area contributed by atoms with E-state index in [0.29, 0.717) is 34.6 Å². The number of nitrogens with one attached hydrogen (secondary N) is 1. The van der Waals surface area contributed by atoms with Crippen molar-refractivity contribution in [1.29, 1.82) is 0 Å². The van der Waals surface area contributed by atoms with Crippen LogP contribution in [0.4, 0.5) is 5.69 Å². The van der Waals surface area contributed by atoms with Gasteiger partial charge in [0.05, 0.1) is 10.7 Å². The minimum absolute atomic E-state index is 0.0691. The van der Waals surface area contributed by atoms with Gasteiger partial charge in [0, 0.05) is 11.4 Å². The van der Waals surface area contributed by atoms with Gasteiger partial charge < -0.3 is 11.1 Å². The first kappa shape index (κ1) is 16.3. The highest BCUT2D eigenvalue weighted by atomic mass is 35.5. The van der Waals surface area contributed by atoms with Crippen LogP contribution in [0.2, 0.25) is 10.0 Å². The van der Waals surface area contributed by atoms with Gasteiger partial charge in [-0.25, -0.2) is 0 Å². The van der Waals surface area contributed by atoms with E-state index in [9.17, 15) is 4.79 Å². The molecule has 3 nitrogen and oxygen atoms in total. The van der Waals surface area contributed by atoms with Gasteiger partial charge in [-0.1, -0.05) is 37.0 Å². The molecule has 0 aromatic heterocycles. The van der Waals surface area contributed by atoms with Crippen LogP contribution < -0.4 is 11.1 Å². The molecule has 0 fully saturated rings. The van der Waals surface area contributed by atoms with E-state index < -0.39 is 0 Å². The number of hydrogen-bond donors (Lipinski definition) is 2. The molecule has 106 valence electrons. The lowest BCUT2D eigenvalue weighted by Gasteiger charge is -2.16. The zero-order valence-corrected chi connectivity index (χ0v) is 12.8. The third-order valence-electron chi connectivity index (χ3n) is 2.82. The summed E-state index contributed by atoms with van der Waals surface area (Å²) >= 11 is 11.8. The number of carbonyl (C=O) groups excluding carboxylic acids is 1. The number of rotatable bonds is 6. The lowest BCUT2D eigenvalue weighted by atomic mass is 9.94. The Bertz CT molecular complexity index is 435. The van der Waals surface area contributed by atoms with Gasteiger partial charge in [0.15, 0.2) is 0 Å². The molecule has 0 radical (unpaired) electrons. The smallest absolute Gasteiger partial charge is 0.224 e. The summed E-state index contributed by atoms with van der Waals surface area (Å²) in [6.07, 6.45) is 1.35. The number of carbonyl (C=O) groups is 1. The van der Waals surface area contributed by atoms with E-state index in [4.69, 9.17) is 28.9 Å². The van der Waals surface area contributed by atoms with Crippen LogP contribution in [0.15, 0.2) is 18.2 Å². The van der Waals surface area contributed by atoms with Crippen molar-refractivity contribution in [2.24, 2.45) is 17.6 Å². The zero-order valence-electron chi connectivity index (χ0n) is 11.2. The van der Waals surface area contributed by atoms with Crippen molar-refractivity contribution in [2.75, 3.05) is 11.9 Å². The standard InChI is InChI=1S/C14H20Cl2N2O/c1-9(2)5-10(8-17)6-14(19)18-13-4-3-11(15)7-12(13)16/h3-4,7,9-10H,5-6,8,17H2,1-2H3,(H,18,19)/t10-/m0/s1. The van der Waals surface area contributed by atoms with Crippen molar-refractivity contribution in [3.05, 3.63) is 28.2 Å². The van der Waals surface area contributed by atoms with Crippen molar-refractivity contribution >= 4 is 34.8 Å². The summed E-state index contributed by atoms with van der Waals surface area (Å²) in [5.41, 5.74) is 6.27. The van der Waals surface area contributed by atoms with Gasteiger partial charge in [-0.3, -0.25) is 4.79 Å². The van der Waals surface area contributed by atoms with E-state index in [1.54, 1.807) is 18.2 Å². The molecule has 0 aliphatic heterocycles. The molecule has 3 N–H and O–H groups in total. The minimum atomic E-state index is -0.0691. The Morgan fingerprint density at radius 3 is 2.58 bits per heavy atom. The zero-order chi connectivity index (χ0) is 14.4. The summed E-state index contributed by atoms with van der Waals surface area (Å²) in [5.74, 6) is 0.659. The summed E-state index contributed by atoms with van der Waals surface area (Å²) in [6, 6.07) is 4.99. The van der Waals surface area contributed by atoms with E-state index in [1.807, 2.05) is 0 Å². The first-order chi connectivity index (χ1) is 8.92. The maximum atomic E-state index is 11.9. The van der Waals surface area contributed by atoms with Crippen LogP contribution >= 0.6 is 23.2 Å². The third kappa shape index (κ3) is 5.81. The number of halogens is 2. The summed E-state index contributed by atoms with van der Waals surface area (Å²) in [7, 11) is 0. The largest absolute Gasteiger partial charge is 0.330 e. The molecule has 1 aromatic rings. The van der Waals surface area contributed by atoms with Crippen LogP contribution in [0.5, 0.6) is 0 Å². The van der Waals surface area contributed by atoms with E-state index in [2.05, 4.69) is 19.2 Å². The highest BCUT2D eigenvalue weighted by Gasteiger charge is 2.15. The molecule has 0 heterocycles. The van der Waals surface area contributed by atoms with Crippen LogP contribution in [0.3, 0.4) is 0 Å². The highest BCUT2D eigenvalue weighted by Crippen LogP contribution is 2.26. The van der Waals surface area contributed by atoms with Crippen LogP contribution in [0.25, 0.3) is 0 Å². The van der Waals surface area contributed by atoms with Gasteiger partial charge in [0.2, 0.25) is 5.91 Å². The van der Waals surface area contributed by atoms with Gasteiger partial charge in [-0.05, 0) is 43.0 Å². The van der Waals surface area contributed by atoms with Gasteiger partial charge in [-0.2, -0.15) is 0 Å². The molecule has 0 bridgehead atoms. The summed E-state index contributed by atoms with van der Waals surface area (Å²) in [4.78, 5) is 11.9. The van der Waals surface area contributed by atoms with E-state index in [1.165, 1.54) is 0 Å². The number of amides is 1. The molecule has 0 aliphatic carbocycles. The molecule has 5 heteroatoms. The lowest BCUT2D eigenvalue weighted by molar-refractivity contribution is -0.117. The second-order valence-corrected chi connectivity index (χ2v) is 5.95. The second-order valence-electron chi connectivity index (χ2n) is 5.11. The van der Waals surface area contributed by atoms with E-state index in [0.717, 1.165) is 6.42 Å². The third-order valence-corrected chi connectivity index (χ3v) is 3.37. The van der Waals surface area contributed by atoms with Crippen LogP contribution in [-0.2, 0) is 4.79 Å². The van der Waals surface area contributed by atoms with Crippen LogP contribution in [-0.4, -0.2) is 12.5 Å². The monoisotopic (exact) mass is 302 g/mol. The Labute approximate surface area is 124 Å². The predicted molar refractivity (Wildman–Crippen MR) is 81.7 cm³/mol. The van der Waals surface area contributed by atoms with Crippen LogP contribution in [0, 0.1) is 11.8 Å². The maximum absolute atomic E-state index is 11.9. The molecule has 1 atom stereocenters. The minimum Gasteiger partial charge on any atom is -0.330 e. The Hall–Kier alpha value is -0.770. The molecule has 1 rings (SSSR count). The maximum Gasteiger partial charge on any atom is 0.224 e. The van der Waals surface area contributed by atoms with E-state index in [-0.39, 0.29) is 11.8 Å². The van der Waals surface area contributed by atoms with Crippen LogP contribution in [0.1, 0.15) is 26.7 Å². The Kier molecular flexibility index (Phi) is 6.63. The molecule has 19 heavy (non-hydrogen) atoms. The number of anilines is 1. The molecule has 0 saturated heterocycles. The molecule has 0 aliphatic rings. The van der Waals surface area contributed by atoms with Gasteiger partial charge in [0.25, 0.3) is 0 Å². The molecular weight excluding hydrogens is 283 g/mol. The van der Waals surface area contributed by atoms with Gasteiger partial charge in [-0.15, -0.1) is 0 Å². The quantitative estimate of drug-likeness (QED) is 0.836. The van der Waals surface area contributed by atoms with Crippen molar-refractivity contribution in [1.82, 2.24) is 0 Å². The molecule has 0 saturated carbocycles. The number of nitrogens with two attached hydrogens (primary N) is 1. The van der Waals surface area contributed by atoms with E-state index >= 15 is 0 Å². The SMILES string of the molecule is CC(C)C[C@H](CN)CC(=O)Nc1ccc(Cl)cc1Cl. The van der Waals surface area contributed by atoms with Crippen molar-refractivity contribution in [3.63, 3.8) is 0 Å². The Morgan fingerprint density at radius 1 is 1.37 bits per heavy atom. The average Bonchev–Trinajstić information content (AvgIpc) is 2.31. The number of benzene rings is 1. The summed E-state index contributed by atoms with van der Waals surface area (Å²) in [6.45, 7) is 4.76. The fourth-order valence-corrected chi connectivity index (χ4v) is 2.44. The van der Waals surface area contributed by atoms with Gasteiger partial charge in [0.1, 0.15) is 0 Å². The topological polar surface area (TPSA) is 55.1 Å². The molecule has 0 spiro atoms. The van der Waals surface area contributed by atoms with Crippen molar-refractivity contribution < 1.29 is 4.79 Å². The lowest BCUT2D eigenvalue weighted by Crippen LogP contribution is -2.23. The molecular formula is C14H20Cl2N2O. The van der Waals surface area contributed by atoms with Gasteiger partial charge >= 0.3 is 0 Å². The molecule has 1 aromatic carbocycles. The Balaban J connectivity index is 2.59. The normalized spacial score (nSPS) is 12.5. The summed E-state index contributed by atoms with van der Waals surface area (Å²) < 4.78 is 0. The molecule has 0 unspecified atom stereocenters. The van der Waals surface area contributed by atoms with Crippen molar-refractivity contribution in [3.8, 4) is 0 Å². The first-order valence-corrected chi connectivity index (χ1v) is 7.13. The summed E-state index contributed by atoms with van der Waals surface area (Å²) in [5, 5.41) is 3.77. The highest BCUT2D eigenvalue weighted by molar-refractivity contribution is 6.36. The first-order valence-electron chi connectivity index (χ1n) is 6.37. The Morgan fingerprint density at radius 2 is 2.05 bits per heavy atom. The van der Waals surface area contributed by atoms with Crippen molar-refractivity contribution in [2.45, 2.75) is 26.7 Å². The predicted octanol–water partition coefficient (Wildman–Crippen LogP) is 3.94. The second kappa shape index (κ2) is 7.73. The fourth-order valence-electron chi connectivity index (χ4n) is 1.98. The molecule has 1 amide bonds. The fraction of sp³-hybridized carbons (Fsp3) is 0.500. The number of hydrogen-bond acceptors (Lipinski definition) is 2.